The second kappa shape index (κ2) is 23.1. The minimum atomic E-state index is -2.82. The molecule has 4 amide bonds. The zero-order chi connectivity index (χ0) is 51.9. The quantitative estimate of drug-likeness (QED) is 0.0396. The number of hydrogen-bond acceptors (Lipinski definition) is 19. The standard InChI is InChI=1S/C50H57BrN13O9P/c1-61-30-31(28-56-61)33-26-38(58-50-55-29-34(51)46(60-50)57-37-9-8-36-44(54-13-12-52-36)45(37)74(3,4)69)41(70-2)27-40(33)63-17-15-62(16-18-63)19-21-72-23-25-73-24-22-71-20-14-53-35-7-5-6-32-43(35)49(68)64(48(32)67)39-10-11-42(65)59-47(39)66/h5-9,12-13,26-30,39,53H,10-11,14-25H2,1-4H3,(H,59,65,66)(H2,55,57,58,60). The molecular formula is C50H57BrN13O9P. The van der Waals surface area contributed by atoms with Crippen molar-refractivity contribution >= 4 is 97.6 Å². The van der Waals surface area contributed by atoms with Gasteiger partial charge in [-0.2, -0.15) is 10.1 Å². The molecule has 3 aromatic heterocycles. The van der Waals surface area contributed by atoms with Gasteiger partial charge in [-0.05, 0) is 66.0 Å². The summed E-state index contributed by atoms with van der Waals surface area (Å²) in [7, 11) is 0.708. The minimum absolute atomic E-state index is 0.0568. The number of halogens is 1. The molecule has 4 N–H and O–H groups in total. The Balaban J connectivity index is 0.719. The van der Waals surface area contributed by atoms with Gasteiger partial charge in [0.15, 0.2) is 0 Å². The molecule has 3 aliphatic rings. The molecule has 1 atom stereocenters. The summed E-state index contributed by atoms with van der Waals surface area (Å²) in [5.74, 6) is -0.805. The van der Waals surface area contributed by atoms with Crippen LogP contribution in [0.4, 0.5) is 34.5 Å². The third-order valence-electron chi connectivity index (χ3n) is 12.8. The Hall–Kier alpha value is -6.88. The number of rotatable bonds is 22. The van der Waals surface area contributed by atoms with Crippen molar-refractivity contribution in [2.24, 2.45) is 7.05 Å². The van der Waals surface area contributed by atoms with Crippen LogP contribution in [0, 0.1) is 0 Å². The van der Waals surface area contributed by atoms with Crippen LogP contribution in [-0.4, -0.2) is 169 Å². The molecule has 3 aromatic carbocycles. The number of fused-ring (bicyclic) bond motifs is 2. The van der Waals surface area contributed by atoms with E-state index in [9.17, 15) is 23.7 Å². The van der Waals surface area contributed by atoms with Crippen LogP contribution in [0.15, 0.2) is 77.9 Å². The van der Waals surface area contributed by atoms with Gasteiger partial charge in [0.25, 0.3) is 11.8 Å². The third-order valence-corrected chi connectivity index (χ3v) is 14.9. The SMILES string of the molecule is COc1cc(N2CCN(CCOCCOCCOCCNc3cccc4c3C(=O)N(C3CCC(=O)NC3=O)C4=O)CC2)c(-c2cnn(C)c2)cc1Nc1ncc(Br)c(Nc2ccc3nccnc3c2P(C)(C)=O)n1. The largest absolute Gasteiger partial charge is 0.494 e. The first-order chi connectivity index (χ1) is 35.8. The molecule has 0 bridgehead atoms. The molecule has 24 heteroatoms. The molecule has 0 aliphatic carbocycles. The van der Waals surface area contributed by atoms with E-state index >= 15 is 0 Å². The molecule has 0 spiro atoms. The van der Waals surface area contributed by atoms with E-state index in [-0.39, 0.29) is 24.0 Å². The van der Waals surface area contributed by atoms with Gasteiger partial charge in [-0.15, -0.1) is 0 Å². The molecule has 9 rings (SSSR count). The van der Waals surface area contributed by atoms with Gasteiger partial charge in [-0.1, -0.05) is 6.07 Å². The number of nitrogens with one attached hydrogen (secondary N) is 4. The smallest absolute Gasteiger partial charge is 0.264 e. The molecule has 74 heavy (non-hydrogen) atoms. The molecule has 3 aliphatic heterocycles. The number of aryl methyl sites for hydroxylation is 1. The first-order valence-electron chi connectivity index (χ1n) is 24.1. The summed E-state index contributed by atoms with van der Waals surface area (Å²) in [6, 6.07) is 11.7. The Labute approximate surface area is 435 Å². The maximum Gasteiger partial charge on any atom is 0.264 e. The van der Waals surface area contributed by atoms with Crippen LogP contribution >= 0.6 is 23.1 Å². The maximum atomic E-state index is 13.6. The summed E-state index contributed by atoms with van der Waals surface area (Å²) in [5, 5.41) is 17.2. The summed E-state index contributed by atoms with van der Waals surface area (Å²) in [6.07, 6.45) is 8.84. The van der Waals surface area contributed by atoms with Crippen molar-refractivity contribution in [2.45, 2.75) is 18.9 Å². The summed E-state index contributed by atoms with van der Waals surface area (Å²) < 4.78 is 39.3. The van der Waals surface area contributed by atoms with Crippen LogP contribution in [0.25, 0.3) is 22.2 Å². The Bertz CT molecular complexity index is 3130. The first kappa shape index (κ1) is 52.0. The lowest BCUT2D eigenvalue weighted by Crippen LogP contribution is -2.54. The highest BCUT2D eigenvalue weighted by atomic mass is 79.9. The number of benzene rings is 3. The number of carbonyl (C=O) groups excluding carboxylic acids is 4. The lowest BCUT2D eigenvalue weighted by Gasteiger charge is -2.37. The van der Waals surface area contributed by atoms with Crippen LogP contribution in [0.2, 0.25) is 0 Å². The second-order valence-electron chi connectivity index (χ2n) is 18.1. The highest BCUT2D eigenvalue weighted by Crippen LogP contribution is 2.43. The van der Waals surface area contributed by atoms with Gasteiger partial charge in [-0.25, -0.2) is 4.98 Å². The fraction of sp³-hybridized carbons (Fsp3) is 0.380. The zero-order valence-corrected chi connectivity index (χ0v) is 43.9. The third kappa shape index (κ3) is 11.7. The van der Waals surface area contributed by atoms with E-state index in [0.717, 1.165) is 54.4 Å². The zero-order valence-electron chi connectivity index (χ0n) is 41.4. The monoisotopic (exact) mass is 1090 g/mol. The number of amides is 4. The Kier molecular flexibility index (Phi) is 16.2. The van der Waals surface area contributed by atoms with Gasteiger partial charge >= 0.3 is 0 Å². The van der Waals surface area contributed by atoms with Gasteiger partial charge < -0.3 is 44.4 Å². The highest BCUT2D eigenvalue weighted by Gasteiger charge is 2.45. The Morgan fingerprint density at radius 3 is 2.31 bits per heavy atom. The Morgan fingerprint density at radius 2 is 1.58 bits per heavy atom. The number of carbonyl (C=O) groups is 4. The molecule has 2 saturated heterocycles. The number of nitrogens with zero attached hydrogens (tertiary/aromatic N) is 9. The molecule has 6 aromatic rings. The average molecular weight is 1090 g/mol. The second-order valence-corrected chi connectivity index (χ2v) is 22.1. The van der Waals surface area contributed by atoms with Crippen molar-refractivity contribution in [3.63, 3.8) is 0 Å². The van der Waals surface area contributed by atoms with Crippen LogP contribution in [0.5, 0.6) is 5.75 Å². The van der Waals surface area contributed by atoms with Crippen molar-refractivity contribution in [1.29, 1.82) is 0 Å². The summed E-state index contributed by atoms with van der Waals surface area (Å²) in [5.41, 5.74) is 6.30. The van der Waals surface area contributed by atoms with Gasteiger partial charge in [0, 0.05) is 106 Å². The number of anilines is 6. The first-order valence-corrected chi connectivity index (χ1v) is 27.5. The highest BCUT2D eigenvalue weighted by molar-refractivity contribution is 9.10. The molecule has 0 saturated carbocycles. The van der Waals surface area contributed by atoms with E-state index in [0.29, 0.717) is 102 Å². The van der Waals surface area contributed by atoms with E-state index < -0.39 is 36.8 Å². The van der Waals surface area contributed by atoms with E-state index in [1.807, 2.05) is 43.7 Å². The van der Waals surface area contributed by atoms with Crippen molar-refractivity contribution in [3.8, 4) is 16.9 Å². The van der Waals surface area contributed by atoms with Gasteiger partial charge in [-0.3, -0.25) is 48.9 Å². The lowest BCUT2D eigenvalue weighted by molar-refractivity contribution is -0.136. The lowest BCUT2D eigenvalue weighted by atomic mass is 10.0. The number of ether oxygens (including phenoxy) is 4. The summed E-state index contributed by atoms with van der Waals surface area (Å²) in [4.78, 5) is 74.5. The van der Waals surface area contributed by atoms with Gasteiger partial charge in [0.2, 0.25) is 17.8 Å². The van der Waals surface area contributed by atoms with Crippen molar-refractivity contribution in [3.05, 3.63) is 89.0 Å². The number of piperidine rings is 1. The average Bonchev–Trinajstić information content (AvgIpc) is 3.94. The fourth-order valence-electron chi connectivity index (χ4n) is 9.19. The van der Waals surface area contributed by atoms with Crippen LogP contribution in [0.1, 0.15) is 33.6 Å². The summed E-state index contributed by atoms with van der Waals surface area (Å²) >= 11 is 3.59. The minimum Gasteiger partial charge on any atom is -0.494 e. The summed E-state index contributed by atoms with van der Waals surface area (Å²) in [6.45, 7) is 10.3. The normalized spacial score (nSPS) is 16.2. The van der Waals surface area contributed by atoms with E-state index in [2.05, 4.69) is 67.0 Å². The molecule has 22 nitrogen and oxygen atoms in total. The molecule has 6 heterocycles. The topological polar surface area (TPSA) is 249 Å². The maximum absolute atomic E-state index is 13.6. The number of hydrogen-bond donors (Lipinski definition) is 4. The van der Waals surface area contributed by atoms with Crippen molar-refractivity contribution in [2.75, 3.05) is 120 Å². The van der Waals surface area contributed by atoms with Crippen LogP contribution < -0.4 is 36.2 Å². The predicted octanol–water partition coefficient (Wildman–Crippen LogP) is 5.01. The van der Waals surface area contributed by atoms with E-state index in [1.165, 1.54) is 0 Å². The number of imide groups is 2. The molecule has 1 unspecified atom stereocenters. The van der Waals surface area contributed by atoms with E-state index in [1.54, 1.807) is 61.9 Å². The number of piperazine rings is 1. The predicted molar refractivity (Wildman–Crippen MR) is 283 cm³/mol. The van der Waals surface area contributed by atoms with Gasteiger partial charge in [0.05, 0.1) is 90.7 Å². The molecule has 2 fully saturated rings. The molecular weight excluding hydrogens is 1040 g/mol. The number of methoxy groups -OCH3 is 1. The van der Waals surface area contributed by atoms with Crippen molar-refractivity contribution in [1.82, 2.24) is 44.8 Å². The number of aromatic nitrogens is 6. The van der Waals surface area contributed by atoms with Crippen molar-refractivity contribution < 1.29 is 42.7 Å². The molecule has 388 valence electrons. The van der Waals surface area contributed by atoms with Gasteiger partial charge in [0.1, 0.15) is 30.3 Å². The fourth-order valence-corrected chi connectivity index (χ4v) is 10.9. The molecule has 0 radical (unpaired) electrons. The Morgan fingerprint density at radius 1 is 0.824 bits per heavy atom. The van der Waals surface area contributed by atoms with E-state index in [4.69, 9.17) is 23.9 Å². The van der Waals surface area contributed by atoms with Crippen LogP contribution in [-0.2, 0) is 35.4 Å². The van der Waals surface area contributed by atoms with Crippen LogP contribution in [0.3, 0.4) is 0 Å².